The molecule has 1 aliphatic rings. The highest BCUT2D eigenvalue weighted by molar-refractivity contribution is 7.89. The summed E-state index contributed by atoms with van der Waals surface area (Å²) >= 11 is 5.97. The smallest absolute Gasteiger partial charge is 0.245 e. The van der Waals surface area contributed by atoms with Gasteiger partial charge in [0.25, 0.3) is 0 Å². The number of carbonyl (C=O) groups is 1. The molecule has 0 atom stereocenters. The molecule has 1 aliphatic heterocycles. The van der Waals surface area contributed by atoms with E-state index in [1.807, 2.05) is 13.0 Å². The Morgan fingerprint density at radius 2 is 1.85 bits per heavy atom. The summed E-state index contributed by atoms with van der Waals surface area (Å²) in [5.74, 6) is -1.24. The topological polar surface area (TPSA) is 66.5 Å². The summed E-state index contributed by atoms with van der Waals surface area (Å²) in [6.45, 7) is 2.21. The lowest BCUT2D eigenvalue weighted by atomic mass is 9.97. The minimum Gasteiger partial charge on any atom is -0.326 e. The Balaban J connectivity index is 1.66. The quantitative estimate of drug-likeness (QED) is 0.833. The van der Waals surface area contributed by atoms with Crippen molar-refractivity contribution < 1.29 is 17.6 Å². The lowest BCUT2D eigenvalue weighted by Gasteiger charge is -2.30. The zero-order valence-corrected chi connectivity index (χ0v) is 16.4. The zero-order chi connectivity index (χ0) is 19.6. The van der Waals surface area contributed by atoms with Crippen LogP contribution in [0.2, 0.25) is 5.02 Å². The Bertz CT molecular complexity index is 957. The summed E-state index contributed by atoms with van der Waals surface area (Å²) in [6.07, 6.45) is 0.748. The molecule has 1 saturated heterocycles. The van der Waals surface area contributed by atoms with E-state index in [0.717, 1.165) is 11.6 Å². The minimum atomic E-state index is -3.90. The van der Waals surface area contributed by atoms with Crippen molar-refractivity contribution in [2.24, 2.45) is 5.92 Å². The Morgan fingerprint density at radius 3 is 2.52 bits per heavy atom. The third kappa shape index (κ3) is 4.31. The van der Waals surface area contributed by atoms with E-state index in [9.17, 15) is 17.6 Å². The van der Waals surface area contributed by atoms with E-state index in [1.165, 1.54) is 22.5 Å². The molecule has 0 spiro atoms. The summed E-state index contributed by atoms with van der Waals surface area (Å²) in [5, 5.41) is 3.39. The number of hydrogen-bond donors (Lipinski definition) is 1. The number of sulfonamides is 1. The molecule has 0 radical (unpaired) electrons. The molecular formula is C19H20ClFN2O3S. The Kier molecular flexibility index (Phi) is 5.83. The number of aryl methyl sites for hydroxylation is 1. The van der Waals surface area contributed by atoms with Gasteiger partial charge in [-0.2, -0.15) is 4.31 Å². The van der Waals surface area contributed by atoms with Crippen molar-refractivity contribution in [1.82, 2.24) is 4.31 Å². The van der Waals surface area contributed by atoms with Gasteiger partial charge >= 0.3 is 0 Å². The van der Waals surface area contributed by atoms with Gasteiger partial charge in [-0.1, -0.05) is 29.8 Å². The van der Waals surface area contributed by atoms with E-state index >= 15 is 0 Å². The molecule has 0 unspecified atom stereocenters. The minimum absolute atomic E-state index is 0.164. The van der Waals surface area contributed by atoms with E-state index in [2.05, 4.69) is 5.32 Å². The lowest BCUT2D eigenvalue weighted by molar-refractivity contribution is -0.120. The van der Waals surface area contributed by atoms with Crippen LogP contribution in [0.3, 0.4) is 0 Å². The second-order valence-corrected chi connectivity index (χ2v) is 8.90. The monoisotopic (exact) mass is 410 g/mol. The number of nitrogens with zero attached hydrogens (tertiary/aromatic N) is 1. The number of amides is 1. The molecule has 0 aliphatic carbocycles. The molecule has 2 aromatic carbocycles. The molecule has 144 valence electrons. The fraction of sp³-hybridized carbons (Fsp3) is 0.316. The average Bonchev–Trinajstić information content (AvgIpc) is 2.65. The summed E-state index contributed by atoms with van der Waals surface area (Å²) in [4.78, 5) is 12.2. The first-order chi connectivity index (χ1) is 12.8. The van der Waals surface area contributed by atoms with Crippen LogP contribution in [0.5, 0.6) is 0 Å². The Morgan fingerprint density at radius 1 is 1.19 bits per heavy atom. The van der Waals surface area contributed by atoms with Crippen LogP contribution in [-0.2, 0) is 14.8 Å². The predicted octanol–water partition coefficient (Wildman–Crippen LogP) is 3.83. The van der Waals surface area contributed by atoms with Crippen molar-refractivity contribution in [3.63, 3.8) is 0 Å². The summed E-state index contributed by atoms with van der Waals surface area (Å²) in [7, 11) is -3.90. The predicted molar refractivity (Wildman–Crippen MR) is 103 cm³/mol. The molecule has 2 aromatic rings. The van der Waals surface area contributed by atoms with Crippen molar-refractivity contribution in [3.05, 3.63) is 58.9 Å². The van der Waals surface area contributed by atoms with Crippen LogP contribution in [0.4, 0.5) is 10.1 Å². The fourth-order valence-electron chi connectivity index (χ4n) is 3.12. The van der Waals surface area contributed by atoms with Gasteiger partial charge in [-0.25, -0.2) is 12.8 Å². The van der Waals surface area contributed by atoms with Crippen molar-refractivity contribution in [3.8, 4) is 0 Å². The highest BCUT2D eigenvalue weighted by Crippen LogP contribution is 2.27. The Labute approximate surface area is 163 Å². The third-order valence-electron chi connectivity index (χ3n) is 4.74. The maximum Gasteiger partial charge on any atom is 0.245 e. The van der Waals surface area contributed by atoms with Crippen molar-refractivity contribution in [2.45, 2.75) is 24.7 Å². The first-order valence-corrected chi connectivity index (χ1v) is 10.4. The molecule has 5 nitrogen and oxygen atoms in total. The Hall–Kier alpha value is -1.96. The van der Waals surface area contributed by atoms with Gasteiger partial charge in [-0.15, -0.1) is 0 Å². The molecule has 1 fully saturated rings. The lowest BCUT2D eigenvalue weighted by Crippen LogP contribution is -2.41. The number of rotatable bonds is 4. The van der Waals surface area contributed by atoms with Crippen LogP contribution < -0.4 is 5.32 Å². The number of anilines is 1. The molecule has 0 aromatic heterocycles. The van der Waals surface area contributed by atoms with Gasteiger partial charge in [0.2, 0.25) is 15.9 Å². The highest BCUT2D eigenvalue weighted by Gasteiger charge is 2.33. The third-order valence-corrected chi connectivity index (χ3v) is 6.90. The maximum absolute atomic E-state index is 13.9. The van der Waals surface area contributed by atoms with Crippen molar-refractivity contribution >= 4 is 33.2 Å². The first-order valence-electron chi connectivity index (χ1n) is 8.61. The van der Waals surface area contributed by atoms with Gasteiger partial charge in [-0.3, -0.25) is 4.79 Å². The normalized spacial score (nSPS) is 16.3. The van der Waals surface area contributed by atoms with Gasteiger partial charge in [0.1, 0.15) is 10.7 Å². The molecule has 3 rings (SSSR count). The average molecular weight is 411 g/mol. The van der Waals surface area contributed by atoms with E-state index < -0.39 is 15.8 Å². The van der Waals surface area contributed by atoms with Crippen LogP contribution >= 0.6 is 11.6 Å². The van der Waals surface area contributed by atoms with Gasteiger partial charge in [0.15, 0.2) is 0 Å². The maximum atomic E-state index is 13.9. The van der Waals surface area contributed by atoms with Crippen molar-refractivity contribution in [1.29, 1.82) is 0 Å². The summed E-state index contributed by atoms with van der Waals surface area (Å²) in [6, 6.07) is 10.6. The van der Waals surface area contributed by atoms with Crippen LogP contribution in [0.1, 0.15) is 18.4 Å². The van der Waals surface area contributed by atoms with Gasteiger partial charge in [0.05, 0.1) is 0 Å². The summed E-state index contributed by atoms with van der Waals surface area (Å²) in [5.41, 5.74) is 1.54. The number of carbonyl (C=O) groups excluding carboxylic acids is 1. The van der Waals surface area contributed by atoms with Crippen LogP contribution in [0.25, 0.3) is 0 Å². The van der Waals surface area contributed by atoms with Gasteiger partial charge in [0, 0.05) is 29.7 Å². The molecule has 27 heavy (non-hydrogen) atoms. The van der Waals surface area contributed by atoms with Crippen LogP contribution in [-0.4, -0.2) is 31.7 Å². The second kappa shape index (κ2) is 7.96. The molecule has 0 bridgehead atoms. The molecule has 1 heterocycles. The standard InChI is InChI=1S/C19H20ClFN2O3S/c1-13-6-7-15(20)12-17(13)22-19(24)14-8-10-23(11-9-14)27(25,26)18-5-3-2-4-16(18)21/h2-7,12,14H,8-11H2,1H3,(H,22,24). The summed E-state index contributed by atoms with van der Waals surface area (Å²) < 4.78 is 40.4. The number of benzene rings is 2. The number of halogens is 2. The molecule has 1 amide bonds. The zero-order valence-electron chi connectivity index (χ0n) is 14.8. The number of hydrogen-bond acceptors (Lipinski definition) is 3. The second-order valence-electron chi connectivity index (χ2n) is 6.56. The molecular weight excluding hydrogens is 391 g/mol. The van der Waals surface area contributed by atoms with E-state index in [4.69, 9.17) is 11.6 Å². The fourth-order valence-corrected chi connectivity index (χ4v) is 4.82. The van der Waals surface area contributed by atoms with Crippen LogP contribution in [0, 0.1) is 18.7 Å². The van der Waals surface area contributed by atoms with Gasteiger partial charge < -0.3 is 5.32 Å². The first kappa shape index (κ1) is 19.8. The SMILES string of the molecule is Cc1ccc(Cl)cc1NC(=O)C1CCN(S(=O)(=O)c2ccccc2F)CC1. The van der Waals surface area contributed by atoms with Crippen LogP contribution in [0.15, 0.2) is 47.4 Å². The van der Waals surface area contributed by atoms with Crippen molar-refractivity contribution in [2.75, 3.05) is 18.4 Å². The van der Waals surface area contributed by atoms with Gasteiger partial charge in [-0.05, 0) is 49.6 Å². The molecule has 8 heteroatoms. The molecule has 1 N–H and O–H groups in total. The van der Waals surface area contributed by atoms with E-state index in [1.54, 1.807) is 12.1 Å². The molecule has 0 saturated carbocycles. The van der Waals surface area contributed by atoms with E-state index in [-0.39, 0.29) is 29.8 Å². The largest absolute Gasteiger partial charge is 0.326 e. The number of piperidine rings is 1. The number of nitrogens with one attached hydrogen (secondary N) is 1. The van der Waals surface area contributed by atoms with E-state index in [0.29, 0.717) is 23.6 Å². The highest BCUT2D eigenvalue weighted by atomic mass is 35.5.